The van der Waals surface area contributed by atoms with Crippen molar-refractivity contribution in [1.29, 1.82) is 0 Å². The number of nitrogens with zero attached hydrogens (tertiary/aromatic N) is 2. The molecule has 23 heavy (non-hydrogen) atoms. The third-order valence-electron chi connectivity index (χ3n) is 3.93. The van der Waals surface area contributed by atoms with Gasteiger partial charge in [0.25, 0.3) is 5.91 Å². The van der Waals surface area contributed by atoms with E-state index >= 15 is 0 Å². The molecular formula is C17H19FN4O. The van der Waals surface area contributed by atoms with Crippen molar-refractivity contribution in [1.82, 2.24) is 9.97 Å². The van der Waals surface area contributed by atoms with Gasteiger partial charge in [0.2, 0.25) is 5.95 Å². The fourth-order valence-electron chi connectivity index (χ4n) is 2.71. The number of halogens is 1. The fourth-order valence-corrected chi connectivity index (χ4v) is 2.71. The van der Waals surface area contributed by atoms with E-state index in [9.17, 15) is 9.18 Å². The van der Waals surface area contributed by atoms with Crippen LogP contribution in [0.3, 0.4) is 0 Å². The van der Waals surface area contributed by atoms with E-state index in [-0.39, 0.29) is 17.4 Å². The van der Waals surface area contributed by atoms with Crippen molar-refractivity contribution in [3.63, 3.8) is 0 Å². The Balaban J connectivity index is 1.66. The van der Waals surface area contributed by atoms with E-state index in [0.29, 0.717) is 17.7 Å². The van der Waals surface area contributed by atoms with Crippen LogP contribution in [0.25, 0.3) is 0 Å². The Morgan fingerprint density at radius 3 is 2.57 bits per heavy atom. The van der Waals surface area contributed by atoms with Gasteiger partial charge >= 0.3 is 0 Å². The second-order valence-electron chi connectivity index (χ2n) is 5.71. The highest BCUT2D eigenvalue weighted by Crippen LogP contribution is 2.20. The lowest BCUT2D eigenvalue weighted by Gasteiger charge is -2.22. The van der Waals surface area contributed by atoms with Gasteiger partial charge in [0.15, 0.2) is 0 Å². The Morgan fingerprint density at radius 1 is 1.09 bits per heavy atom. The van der Waals surface area contributed by atoms with Crippen LogP contribution in [-0.2, 0) is 0 Å². The normalized spacial score (nSPS) is 15.2. The number of benzene rings is 1. The number of hydrogen-bond donors (Lipinski definition) is 2. The van der Waals surface area contributed by atoms with Gasteiger partial charge < -0.3 is 10.6 Å². The standard InChI is InChI=1S/C17H19FN4O/c18-12-6-8-14(9-7-12)20-16(23)15-10-11-19-17(22-15)21-13-4-2-1-3-5-13/h6-11,13H,1-5H2,(H,20,23)(H,19,21,22). The zero-order valence-electron chi connectivity index (χ0n) is 12.8. The minimum absolute atomic E-state index is 0.280. The molecular weight excluding hydrogens is 295 g/mol. The molecule has 0 radical (unpaired) electrons. The molecule has 0 unspecified atom stereocenters. The molecule has 0 saturated heterocycles. The molecule has 5 nitrogen and oxygen atoms in total. The number of aromatic nitrogens is 2. The average Bonchev–Trinajstić information content (AvgIpc) is 2.58. The molecule has 0 bridgehead atoms. The van der Waals surface area contributed by atoms with E-state index in [0.717, 1.165) is 12.8 Å². The lowest BCUT2D eigenvalue weighted by Crippen LogP contribution is -2.24. The molecule has 1 saturated carbocycles. The van der Waals surface area contributed by atoms with Gasteiger partial charge in [-0.05, 0) is 43.2 Å². The van der Waals surface area contributed by atoms with Crippen LogP contribution in [0.1, 0.15) is 42.6 Å². The van der Waals surface area contributed by atoms with Crippen molar-refractivity contribution < 1.29 is 9.18 Å². The van der Waals surface area contributed by atoms with Crippen LogP contribution in [0.5, 0.6) is 0 Å². The summed E-state index contributed by atoms with van der Waals surface area (Å²) in [4.78, 5) is 20.7. The minimum atomic E-state index is -0.344. The van der Waals surface area contributed by atoms with Gasteiger partial charge in [0.05, 0.1) is 0 Å². The predicted octanol–water partition coefficient (Wildman–Crippen LogP) is 3.61. The molecule has 0 aliphatic heterocycles. The van der Waals surface area contributed by atoms with Crippen LogP contribution in [0.2, 0.25) is 0 Å². The molecule has 0 atom stereocenters. The number of carbonyl (C=O) groups is 1. The van der Waals surface area contributed by atoms with E-state index < -0.39 is 0 Å². The average molecular weight is 314 g/mol. The molecule has 1 aliphatic carbocycles. The van der Waals surface area contributed by atoms with E-state index in [2.05, 4.69) is 20.6 Å². The molecule has 2 N–H and O–H groups in total. The van der Waals surface area contributed by atoms with E-state index in [1.165, 1.54) is 43.5 Å². The summed E-state index contributed by atoms with van der Waals surface area (Å²) >= 11 is 0. The lowest BCUT2D eigenvalue weighted by atomic mass is 9.96. The molecule has 1 aromatic heterocycles. The Bertz CT molecular complexity index is 669. The molecule has 1 aromatic carbocycles. The highest BCUT2D eigenvalue weighted by molar-refractivity contribution is 6.02. The SMILES string of the molecule is O=C(Nc1ccc(F)cc1)c1ccnc(NC2CCCCC2)n1. The van der Waals surface area contributed by atoms with Crippen LogP contribution >= 0.6 is 0 Å². The highest BCUT2D eigenvalue weighted by atomic mass is 19.1. The fraction of sp³-hybridized carbons (Fsp3) is 0.353. The topological polar surface area (TPSA) is 66.9 Å². The number of rotatable bonds is 4. The predicted molar refractivity (Wildman–Crippen MR) is 86.9 cm³/mol. The van der Waals surface area contributed by atoms with Gasteiger partial charge in [0, 0.05) is 17.9 Å². The molecule has 1 fully saturated rings. The zero-order valence-corrected chi connectivity index (χ0v) is 12.8. The molecule has 120 valence electrons. The molecule has 2 aromatic rings. The van der Waals surface area contributed by atoms with Gasteiger partial charge in [-0.3, -0.25) is 4.79 Å². The molecule has 1 aliphatic rings. The smallest absolute Gasteiger partial charge is 0.274 e. The van der Waals surface area contributed by atoms with Crippen molar-refractivity contribution in [3.05, 3.63) is 48.0 Å². The van der Waals surface area contributed by atoms with Crippen molar-refractivity contribution in [3.8, 4) is 0 Å². The molecule has 0 spiro atoms. The summed E-state index contributed by atoms with van der Waals surface area (Å²) in [7, 11) is 0. The summed E-state index contributed by atoms with van der Waals surface area (Å²) in [6.45, 7) is 0. The molecule has 6 heteroatoms. The monoisotopic (exact) mass is 314 g/mol. The van der Waals surface area contributed by atoms with E-state index in [1.54, 1.807) is 12.3 Å². The van der Waals surface area contributed by atoms with Gasteiger partial charge in [0.1, 0.15) is 11.5 Å². The maximum Gasteiger partial charge on any atom is 0.274 e. The highest BCUT2D eigenvalue weighted by Gasteiger charge is 2.15. The Kier molecular flexibility index (Phi) is 4.80. The first-order valence-electron chi connectivity index (χ1n) is 7.87. The maximum atomic E-state index is 12.9. The second-order valence-corrected chi connectivity index (χ2v) is 5.71. The zero-order chi connectivity index (χ0) is 16.1. The maximum absolute atomic E-state index is 12.9. The van der Waals surface area contributed by atoms with Crippen LogP contribution in [0, 0.1) is 5.82 Å². The number of hydrogen-bond acceptors (Lipinski definition) is 4. The third-order valence-corrected chi connectivity index (χ3v) is 3.93. The number of anilines is 2. The lowest BCUT2D eigenvalue weighted by molar-refractivity contribution is 0.102. The summed E-state index contributed by atoms with van der Waals surface area (Å²) in [6, 6.07) is 7.55. The van der Waals surface area contributed by atoms with Crippen LogP contribution in [0.4, 0.5) is 16.0 Å². The quantitative estimate of drug-likeness (QED) is 0.904. The summed E-state index contributed by atoms with van der Waals surface area (Å²) in [5.74, 6) is -0.210. The number of nitrogens with one attached hydrogen (secondary N) is 2. The summed E-state index contributed by atoms with van der Waals surface area (Å²) in [5.41, 5.74) is 0.805. The Morgan fingerprint density at radius 2 is 1.83 bits per heavy atom. The number of carbonyl (C=O) groups excluding carboxylic acids is 1. The van der Waals surface area contributed by atoms with E-state index in [1.807, 2.05) is 0 Å². The van der Waals surface area contributed by atoms with Crippen molar-refractivity contribution >= 4 is 17.5 Å². The minimum Gasteiger partial charge on any atom is -0.351 e. The van der Waals surface area contributed by atoms with Crippen LogP contribution in [0.15, 0.2) is 36.5 Å². The van der Waals surface area contributed by atoms with Gasteiger partial charge in [-0.25, -0.2) is 14.4 Å². The van der Waals surface area contributed by atoms with Gasteiger partial charge in [-0.1, -0.05) is 19.3 Å². The molecule has 1 amide bonds. The molecule has 1 heterocycles. The van der Waals surface area contributed by atoms with Crippen molar-refractivity contribution in [2.45, 2.75) is 38.1 Å². The second kappa shape index (κ2) is 7.17. The first-order valence-corrected chi connectivity index (χ1v) is 7.87. The molecule has 3 rings (SSSR count). The van der Waals surface area contributed by atoms with Crippen LogP contribution in [-0.4, -0.2) is 21.9 Å². The van der Waals surface area contributed by atoms with E-state index in [4.69, 9.17) is 0 Å². The summed E-state index contributed by atoms with van der Waals surface area (Å²) < 4.78 is 12.9. The van der Waals surface area contributed by atoms with Gasteiger partial charge in [-0.15, -0.1) is 0 Å². The third kappa shape index (κ3) is 4.25. The van der Waals surface area contributed by atoms with Gasteiger partial charge in [-0.2, -0.15) is 0 Å². The number of amides is 1. The van der Waals surface area contributed by atoms with Crippen molar-refractivity contribution in [2.75, 3.05) is 10.6 Å². The largest absolute Gasteiger partial charge is 0.351 e. The Labute approximate surface area is 134 Å². The first-order chi connectivity index (χ1) is 11.2. The Hall–Kier alpha value is -2.50. The summed E-state index contributed by atoms with van der Waals surface area (Å²) in [5, 5.41) is 5.99. The first kappa shape index (κ1) is 15.4. The van der Waals surface area contributed by atoms with Crippen molar-refractivity contribution in [2.24, 2.45) is 0 Å². The summed E-state index contributed by atoms with van der Waals surface area (Å²) in [6.07, 6.45) is 7.48. The van der Waals surface area contributed by atoms with Crippen LogP contribution < -0.4 is 10.6 Å².